The molecule has 3 amide bonds. The smallest absolute Gasteiger partial charge is 0.305 e. The molecule has 1 aromatic heterocycles. The van der Waals surface area contributed by atoms with Gasteiger partial charge in [-0.2, -0.15) is 0 Å². The minimum atomic E-state index is -0.323. The van der Waals surface area contributed by atoms with Crippen molar-refractivity contribution in [3.63, 3.8) is 0 Å². The monoisotopic (exact) mass is 557 g/mol. The molecule has 0 radical (unpaired) electrons. The lowest BCUT2D eigenvalue weighted by Crippen LogP contribution is -2.42. The number of halogens is 1. The number of fused-ring (bicyclic) bond motifs is 9. The maximum atomic E-state index is 13.7. The molecule has 4 fully saturated rings. The van der Waals surface area contributed by atoms with Gasteiger partial charge >= 0.3 is 4.87 Å². The number of hydrogen-bond donors (Lipinski definition) is 1. The summed E-state index contributed by atoms with van der Waals surface area (Å²) in [5.74, 6) is -0.445. The van der Waals surface area contributed by atoms with E-state index in [9.17, 15) is 19.2 Å². The molecule has 37 heavy (non-hydrogen) atoms. The second-order valence-corrected chi connectivity index (χ2v) is 13.7. The Balaban J connectivity index is 1.17. The quantitative estimate of drug-likeness (QED) is 0.575. The summed E-state index contributed by atoms with van der Waals surface area (Å²) in [5, 5.41) is 1.73. The van der Waals surface area contributed by atoms with E-state index in [1.165, 1.54) is 16.2 Å². The summed E-state index contributed by atoms with van der Waals surface area (Å²) in [7, 11) is 0. The van der Waals surface area contributed by atoms with Crippen LogP contribution in [0, 0.1) is 29.6 Å². The number of thioether (sulfide) groups is 1. The van der Waals surface area contributed by atoms with Gasteiger partial charge in [0.05, 0.1) is 16.9 Å². The number of aromatic nitrogens is 1. The van der Waals surface area contributed by atoms with Gasteiger partial charge in [-0.25, -0.2) is 0 Å². The van der Waals surface area contributed by atoms with Crippen LogP contribution in [0.4, 0.5) is 0 Å². The van der Waals surface area contributed by atoms with Gasteiger partial charge in [-0.1, -0.05) is 35.1 Å². The molecule has 1 N–H and O–H groups in total. The van der Waals surface area contributed by atoms with Gasteiger partial charge in [-0.3, -0.25) is 24.1 Å². The van der Waals surface area contributed by atoms with E-state index >= 15 is 0 Å². The molecule has 2 aromatic rings. The first-order chi connectivity index (χ1) is 17.9. The summed E-state index contributed by atoms with van der Waals surface area (Å²) < 4.78 is 0. The van der Waals surface area contributed by atoms with Crippen molar-refractivity contribution in [1.82, 2.24) is 14.8 Å². The van der Waals surface area contributed by atoms with Crippen molar-refractivity contribution in [3.8, 4) is 0 Å². The first kappa shape index (κ1) is 24.0. The van der Waals surface area contributed by atoms with Crippen molar-refractivity contribution < 1.29 is 14.4 Å². The number of imide groups is 1. The van der Waals surface area contributed by atoms with Crippen LogP contribution >= 0.6 is 34.7 Å². The molecule has 2 saturated heterocycles. The number of piperidine rings is 1. The highest BCUT2D eigenvalue weighted by Crippen LogP contribution is 2.68. The molecule has 0 spiro atoms. The van der Waals surface area contributed by atoms with Crippen LogP contribution in [0.3, 0.4) is 0 Å². The zero-order chi connectivity index (χ0) is 25.4. The Labute approximate surface area is 227 Å². The molecule has 194 valence electrons. The average Bonchev–Trinajstić information content (AvgIpc) is 3.63. The fraction of sp³-hybridized carbons (Fsp3) is 0.556. The summed E-state index contributed by atoms with van der Waals surface area (Å²) in [6, 6.07) is 7.81. The number of H-pyrrole nitrogens is 1. The predicted molar refractivity (Wildman–Crippen MR) is 142 cm³/mol. The molecule has 1 aromatic carbocycles. The molecular formula is C27H28ClN3O4S2. The Morgan fingerprint density at radius 3 is 2.43 bits per heavy atom. The van der Waals surface area contributed by atoms with Crippen LogP contribution in [0.1, 0.15) is 48.5 Å². The minimum Gasteiger partial charge on any atom is -0.343 e. The van der Waals surface area contributed by atoms with E-state index in [0.717, 1.165) is 54.2 Å². The van der Waals surface area contributed by atoms with Crippen LogP contribution in [-0.4, -0.2) is 57.4 Å². The molecule has 7 unspecified atom stereocenters. The van der Waals surface area contributed by atoms with E-state index in [4.69, 9.17) is 11.6 Å². The summed E-state index contributed by atoms with van der Waals surface area (Å²) in [4.78, 5) is 59.6. The van der Waals surface area contributed by atoms with Crippen molar-refractivity contribution >= 4 is 52.4 Å². The fourth-order valence-corrected chi connectivity index (χ4v) is 10.9. The number of amides is 3. The molecule has 7 nitrogen and oxygen atoms in total. The van der Waals surface area contributed by atoms with E-state index in [0.29, 0.717) is 5.02 Å². The van der Waals surface area contributed by atoms with Crippen molar-refractivity contribution in [2.24, 2.45) is 29.6 Å². The molecule has 4 heterocycles. The van der Waals surface area contributed by atoms with Crippen LogP contribution in [-0.2, 0) is 14.4 Å². The van der Waals surface area contributed by atoms with Crippen molar-refractivity contribution in [2.45, 2.75) is 48.3 Å². The lowest BCUT2D eigenvalue weighted by atomic mass is 9.68. The third kappa shape index (κ3) is 3.67. The molecule has 2 aliphatic carbocycles. The lowest BCUT2D eigenvalue weighted by molar-refractivity contribution is -0.141. The van der Waals surface area contributed by atoms with Crippen molar-refractivity contribution in [1.29, 1.82) is 0 Å². The van der Waals surface area contributed by atoms with Gasteiger partial charge in [0, 0.05) is 47.1 Å². The molecule has 7 rings (SSSR count). The second-order valence-electron chi connectivity index (χ2n) is 11.0. The zero-order valence-corrected chi connectivity index (χ0v) is 22.6. The van der Waals surface area contributed by atoms with Gasteiger partial charge in [0.15, 0.2) is 0 Å². The van der Waals surface area contributed by atoms with E-state index in [2.05, 4.69) is 4.98 Å². The molecular weight excluding hydrogens is 530 g/mol. The molecule has 2 saturated carbocycles. The van der Waals surface area contributed by atoms with Crippen LogP contribution in [0.2, 0.25) is 5.02 Å². The molecule has 10 heteroatoms. The van der Waals surface area contributed by atoms with Crippen LogP contribution in [0.25, 0.3) is 0 Å². The Morgan fingerprint density at radius 1 is 1.00 bits per heavy atom. The third-order valence-corrected chi connectivity index (χ3v) is 12.1. The Bertz CT molecular complexity index is 1330. The topological polar surface area (TPSA) is 90.5 Å². The summed E-state index contributed by atoms with van der Waals surface area (Å²) in [6.07, 6.45) is 4.26. The normalized spacial score (nSPS) is 34.0. The molecule has 2 bridgehead atoms. The Morgan fingerprint density at radius 2 is 1.70 bits per heavy atom. The molecule has 5 aliphatic rings. The van der Waals surface area contributed by atoms with Gasteiger partial charge in [-0.05, 0) is 61.1 Å². The van der Waals surface area contributed by atoms with E-state index < -0.39 is 0 Å². The predicted octanol–water partition coefficient (Wildman–Crippen LogP) is 3.97. The first-order valence-corrected chi connectivity index (χ1v) is 15.3. The highest BCUT2D eigenvalue weighted by atomic mass is 35.5. The average molecular weight is 558 g/mol. The Kier molecular flexibility index (Phi) is 5.82. The largest absolute Gasteiger partial charge is 0.343 e. The van der Waals surface area contributed by atoms with Crippen LogP contribution in [0.15, 0.2) is 34.1 Å². The lowest BCUT2D eigenvalue weighted by Gasteiger charge is -2.43. The van der Waals surface area contributed by atoms with E-state index in [-0.39, 0.29) is 76.3 Å². The van der Waals surface area contributed by atoms with Gasteiger partial charge < -0.3 is 9.88 Å². The number of thiazole rings is 1. The number of nitrogens with zero attached hydrogens (tertiary/aromatic N) is 2. The SMILES string of the molecule is O=C(CCN1C(=O)C2C3CC(C2C1=O)C1C(c2ccc(Cl)cc2)c2sc(=O)[nH]c2SC31)N1CCCCC1. The van der Waals surface area contributed by atoms with E-state index in [1.807, 2.05) is 29.2 Å². The van der Waals surface area contributed by atoms with Gasteiger partial charge in [0.1, 0.15) is 0 Å². The van der Waals surface area contributed by atoms with E-state index in [1.54, 1.807) is 11.8 Å². The van der Waals surface area contributed by atoms with Gasteiger partial charge in [0.25, 0.3) is 0 Å². The maximum absolute atomic E-state index is 13.7. The number of benzene rings is 1. The fourth-order valence-electron chi connectivity index (χ4n) is 7.85. The Hall–Kier alpha value is -2.10. The van der Waals surface area contributed by atoms with Gasteiger partial charge in [0.2, 0.25) is 17.7 Å². The molecule has 7 atom stereocenters. The van der Waals surface area contributed by atoms with Crippen molar-refractivity contribution in [3.05, 3.63) is 49.4 Å². The summed E-state index contributed by atoms with van der Waals surface area (Å²) in [5.41, 5.74) is 1.10. The number of carbonyl (C=O) groups excluding carboxylic acids is 3. The second kappa shape index (κ2) is 8.99. The summed E-state index contributed by atoms with van der Waals surface area (Å²) in [6.45, 7) is 1.73. The highest BCUT2D eigenvalue weighted by molar-refractivity contribution is 8.00. The number of nitrogens with one attached hydrogen (secondary N) is 1. The third-order valence-electron chi connectivity index (χ3n) is 9.30. The number of carbonyl (C=O) groups is 3. The highest BCUT2D eigenvalue weighted by Gasteiger charge is 2.69. The number of aromatic amines is 1. The molecule has 3 aliphatic heterocycles. The standard InChI is InChI=1S/C27H28ClN3O4S2/c28-14-6-4-13(5-7-14)18-19-15-12-16(22(19)36-24-23(18)37-27(35)29-24)21-20(15)25(33)31(26(21)34)11-8-17(32)30-9-2-1-3-10-30/h4-7,15-16,18-22H,1-3,8-12H2,(H,29,35). The zero-order valence-electron chi connectivity index (χ0n) is 20.2. The number of rotatable bonds is 4. The van der Waals surface area contributed by atoms with Crippen LogP contribution in [0.5, 0.6) is 0 Å². The van der Waals surface area contributed by atoms with Crippen LogP contribution < -0.4 is 4.87 Å². The minimum absolute atomic E-state index is 0.00366. The number of likely N-dealkylation sites (tertiary alicyclic amines) is 2. The maximum Gasteiger partial charge on any atom is 0.305 e. The van der Waals surface area contributed by atoms with Crippen molar-refractivity contribution in [2.75, 3.05) is 19.6 Å². The number of hydrogen-bond acceptors (Lipinski definition) is 6. The first-order valence-electron chi connectivity index (χ1n) is 13.2. The van der Waals surface area contributed by atoms with Gasteiger partial charge in [-0.15, -0.1) is 11.8 Å². The summed E-state index contributed by atoms with van der Waals surface area (Å²) >= 11 is 9.13.